The number of aromatic nitrogens is 2. The molecule has 0 saturated heterocycles. The SMILES string of the molecule is COCCNCc1nnc(Nc2ccc3c(c2)CCC3)o1. The predicted molar refractivity (Wildman–Crippen MR) is 79.6 cm³/mol. The highest BCUT2D eigenvalue weighted by Gasteiger charge is 2.12. The number of ether oxygens (including phenoxy) is 1. The van der Waals surface area contributed by atoms with Gasteiger partial charge in [-0.15, -0.1) is 5.10 Å². The van der Waals surface area contributed by atoms with Crippen molar-refractivity contribution in [2.75, 3.05) is 25.6 Å². The minimum absolute atomic E-state index is 0.427. The molecule has 2 N–H and O–H groups in total. The molecule has 0 bridgehead atoms. The number of rotatable bonds is 7. The molecule has 1 aromatic heterocycles. The molecule has 0 unspecified atom stereocenters. The summed E-state index contributed by atoms with van der Waals surface area (Å²) in [4.78, 5) is 0. The van der Waals surface area contributed by atoms with Gasteiger partial charge < -0.3 is 19.8 Å². The third-order valence-corrected chi connectivity index (χ3v) is 3.58. The number of methoxy groups -OCH3 is 1. The van der Waals surface area contributed by atoms with Crippen LogP contribution in [0.2, 0.25) is 0 Å². The minimum atomic E-state index is 0.427. The molecule has 1 heterocycles. The third-order valence-electron chi connectivity index (χ3n) is 3.58. The van der Waals surface area contributed by atoms with Crippen LogP contribution in [0.4, 0.5) is 11.7 Å². The number of fused-ring (bicyclic) bond motifs is 1. The van der Waals surface area contributed by atoms with Crippen molar-refractivity contribution in [2.24, 2.45) is 0 Å². The zero-order chi connectivity index (χ0) is 14.5. The van der Waals surface area contributed by atoms with Crippen LogP contribution in [0.15, 0.2) is 22.6 Å². The van der Waals surface area contributed by atoms with Crippen molar-refractivity contribution in [1.82, 2.24) is 15.5 Å². The van der Waals surface area contributed by atoms with Gasteiger partial charge in [0.2, 0.25) is 5.89 Å². The summed E-state index contributed by atoms with van der Waals surface area (Å²) in [6.45, 7) is 1.96. The molecule has 6 heteroatoms. The average molecular weight is 288 g/mol. The molecule has 0 aliphatic heterocycles. The quantitative estimate of drug-likeness (QED) is 0.760. The highest BCUT2D eigenvalue weighted by molar-refractivity contribution is 5.55. The molecule has 0 spiro atoms. The van der Waals surface area contributed by atoms with Gasteiger partial charge in [-0.1, -0.05) is 11.2 Å². The lowest BCUT2D eigenvalue weighted by Crippen LogP contribution is -2.18. The van der Waals surface area contributed by atoms with Gasteiger partial charge in [0.25, 0.3) is 0 Å². The van der Waals surface area contributed by atoms with E-state index >= 15 is 0 Å². The fourth-order valence-corrected chi connectivity index (χ4v) is 2.52. The van der Waals surface area contributed by atoms with E-state index in [1.807, 2.05) is 0 Å². The standard InChI is InChI=1S/C15H20N4O2/c1-20-8-7-16-10-14-18-19-15(21-14)17-13-6-5-11-3-2-4-12(11)9-13/h5-6,9,16H,2-4,7-8,10H2,1H3,(H,17,19). The smallest absolute Gasteiger partial charge is 0.320 e. The largest absolute Gasteiger partial charge is 0.406 e. The zero-order valence-electron chi connectivity index (χ0n) is 12.2. The van der Waals surface area contributed by atoms with Crippen LogP contribution >= 0.6 is 0 Å². The first-order chi connectivity index (χ1) is 10.3. The summed E-state index contributed by atoms with van der Waals surface area (Å²) >= 11 is 0. The van der Waals surface area contributed by atoms with Gasteiger partial charge in [0.15, 0.2) is 0 Å². The van der Waals surface area contributed by atoms with Crippen LogP contribution in [0.3, 0.4) is 0 Å². The fraction of sp³-hybridized carbons (Fsp3) is 0.467. The predicted octanol–water partition coefficient (Wildman–Crippen LogP) is 2.04. The van der Waals surface area contributed by atoms with Crippen LogP contribution in [-0.4, -0.2) is 30.5 Å². The van der Waals surface area contributed by atoms with Gasteiger partial charge in [0, 0.05) is 19.3 Å². The van der Waals surface area contributed by atoms with Crippen LogP contribution in [0.25, 0.3) is 0 Å². The normalized spacial score (nSPS) is 13.4. The van der Waals surface area contributed by atoms with Crippen molar-refractivity contribution < 1.29 is 9.15 Å². The third kappa shape index (κ3) is 3.59. The molecule has 1 aliphatic rings. The molecule has 1 aromatic carbocycles. The Morgan fingerprint density at radius 2 is 2.14 bits per heavy atom. The van der Waals surface area contributed by atoms with Crippen LogP contribution < -0.4 is 10.6 Å². The van der Waals surface area contributed by atoms with E-state index in [9.17, 15) is 0 Å². The summed E-state index contributed by atoms with van der Waals surface area (Å²) in [6.07, 6.45) is 3.59. The second-order valence-electron chi connectivity index (χ2n) is 5.13. The molecule has 0 radical (unpaired) electrons. The lowest BCUT2D eigenvalue weighted by Gasteiger charge is -2.04. The highest BCUT2D eigenvalue weighted by atomic mass is 16.5. The zero-order valence-corrected chi connectivity index (χ0v) is 12.2. The number of nitrogens with one attached hydrogen (secondary N) is 2. The maximum Gasteiger partial charge on any atom is 0.320 e. The van der Waals surface area contributed by atoms with Gasteiger partial charge in [-0.25, -0.2) is 0 Å². The first kappa shape index (κ1) is 14.0. The number of hydrogen-bond acceptors (Lipinski definition) is 6. The van der Waals surface area contributed by atoms with E-state index in [2.05, 4.69) is 39.0 Å². The van der Waals surface area contributed by atoms with Crippen molar-refractivity contribution in [1.29, 1.82) is 0 Å². The Hall–Kier alpha value is -1.92. The molecule has 1 aliphatic carbocycles. The highest BCUT2D eigenvalue weighted by Crippen LogP contribution is 2.26. The van der Waals surface area contributed by atoms with Crippen LogP contribution in [0, 0.1) is 0 Å². The van der Waals surface area contributed by atoms with Gasteiger partial charge in [-0.2, -0.15) is 0 Å². The summed E-state index contributed by atoms with van der Waals surface area (Å²) in [5.41, 5.74) is 3.87. The first-order valence-electron chi connectivity index (χ1n) is 7.26. The van der Waals surface area contributed by atoms with Gasteiger partial charge >= 0.3 is 6.01 Å². The second-order valence-corrected chi connectivity index (χ2v) is 5.13. The molecular weight excluding hydrogens is 268 g/mol. The summed E-state index contributed by atoms with van der Waals surface area (Å²) in [5, 5.41) is 14.3. The number of nitrogens with zero attached hydrogens (tertiary/aromatic N) is 2. The van der Waals surface area contributed by atoms with Crippen LogP contribution in [0.1, 0.15) is 23.4 Å². The van der Waals surface area contributed by atoms with E-state index in [4.69, 9.17) is 9.15 Å². The maximum absolute atomic E-state index is 5.55. The molecule has 0 amide bonds. The first-order valence-corrected chi connectivity index (χ1v) is 7.26. The molecular formula is C15H20N4O2. The summed E-state index contributed by atoms with van der Waals surface area (Å²) in [6, 6.07) is 6.83. The van der Waals surface area contributed by atoms with Crippen molar-refractivity contribution in [3.8, 4) is 0 Å². The molecule has 0 saturated carbocycles. The van der Waals surface area contributed by atoms with Crippen LogP contribution in [0.5, 0.6) is 0 Å². The molecule has 3 rings (SSSR count). The van der Waals surface area contributed by atoms with E-state index in [0.29, 0.717) is 25.1 Å². The van der Waals surface area contributed by atoms with E-state index in [1.54, 1.807) is 7.11 Å². The molecule has 0 fully saturated rings. The van der Waals surface area contributed by atoms with Gasteiger partial charge in [-0.05, 0) is 42.5 Å². The van der Waals surface area contributed by atoms with E-state index in [-0.39, 0.29) is 0 Å². The van der Waals surface area contributed by atoms with Gasteiger partial charge in [0.1, 0.15) is 0 Å². The summed E-state index contributed by atoms with van der Waals surface area (Å²) in [7, 11) is 1.67. The Balaban J connectivity index is 1.57. The van der Waals surface area contributed by atoms with E-state index in [0.717, 1.165) is 18.7 Å². The van der Waals surface area contributed by atoms with Crippen LogP contribution in [-0.2, 0) is 24.1 Å². The Kier molecular flexibility index (Phi) is 4.47. The van der Waals surface area contributed by atoms with Crippen molar-refractivity contribution >= 4 is 11.7 Å². The number of benzene rings is 1. The summed E-state index contributed by atoms with van der Waals surface area (Å²) in [5.74, 6) is 0.565. The minimum Gasteiger partial charge on any atom is -0.406 e. The lowest BCUT2D eigenvalue weighted by molar-refractivity contribution is 0.198. The van der Waals surface area contributed by atoms with E-state index in [1.165, 1.54) is 24.0 Å². The monoisotopic (exact) mass is 288 g/mol. The average Bonchev–Trinajstić information content (AvgIpc) is 3.12. The number of anilines is 2. The van der Waals surface area contributed by atoms with Gasteiger partial charge in [0.05, 0.1) is 13.2 Å². The lowest BCUT2D eigenvalue weighted by atomic mass is 10.1. The topological polar surface area (TPSA) is 72.2 Å². The maximum atomic E-state index is 5.55. The Morgan fingerprint density at radius 1 is 1.24 bits per heavy atom. The Morgan fingerprint density at radius 3 is 3.05 bits per heavy atom. The Bertz CT molecular complexity index is 597. The fourth-order valence-electron chi connectivity index (χ4n) is 2.52. The van der Waals surface area contributed by atoms with E-state index < -0.39 is 0 Å². The Labute approximate surface area is 123 Å². The molecule has 21 heavy (non-hydrogen) atoms. The molecule has 0 atom stereocenters. The second kappa shape index (κ2) is 6.69. The number of aryl methyl sites for hydroxylation is 2. The molecule has 2 aromatic rings. The van der Waals surface area contributed by atoms with Gasteiger partial charge in [-0.3, -0.25) is 0 Å². The van der Waals surface area contributed by atoms with Crippen molar-refractivity contribution in [2.45, 2.75) is 25.8 Å². The molecule has 6 nitrogen and oxygen atoms in total. The van der Waals surface area contributed by atoms with Crippen molar-refractivity contribution in [3.05, 3.63) is 35.2 Å². The number of hydrogen-bond donors (Lipinski definition) is 2. The molecule has 112 valence electrons. The van der Waals surface area contributed by atoms with Crippen molar-refractivity contribution in [3.63, 3.8) is 0 Å². The summed E-state index contributed by atoms with van der Waals surface area (Å²) < 4.78 is 10.5.